The highest BCUT2D eigenvalue weighted by molar-refractivity contribution is 7.26. The number of thiophene rings is 2. The van der Waals surface area contributed by atoms with Crippen molar-refractivity contribution >= 4 is 128 Å². The lowest BCUT2D eigenvalue weighted by atomic mass is 9.89. The zero-order valence-corrected chi connectivity index (χ0v) is 50.4. The van der Waals surface area contributed by atoms with Gasteiger partial charge in [0, 0.05) is 73.0 Å². The molecule has 0 amide bonds. The minimum absolute atomic E-state index is 1.12. The van der Waals surface area contributed by atoms with Crippen LogP contribution in [0, 0.1) is 0 Å². The molecule has 0 aliphatic rings. The van der Waals surface area contributed by atoms with E-state index < -0.39 is 0 Å². The van der Waals surface area contributed by atoms with Crippen molar-refractivity contribution in [2.75, 3.05) is 0 Å². The Hall–Kier alpha value is -11.1. The van der Waals surface area contributed by atoms with Crippen LogP contribution in [0.2, 0.25) is 0 Å². The van der Waals surface area contributed by atoms with E-state index in [1.807, 2.05) is 22.7 Å². The zero-order chi connectivity index (χ0) is 59.0. The van der Waals surface area contributed by atoms with E-state index in [2.05, 4.69) is 325 Å². The lowest BCUT2D eigenvalue weighted by Gasteiger charge is -2.16. The van der Waals surface area contributed by atoms with Crippen molar-refractivity contribution in [1.29, 1.82) is 0 Å². The molecule has 418 valence electrons. The summed E-state index contributed by atoms with van der Waals surface area (Å²) in [6.07, 6.45) is 0. The molecule has 0 aliphatic carbocycles. The molecule has 15 aromatic carbocycles. The summed E-state index contributed by atoms with van der Waals surface area (Å²) in [6, 6.07) is 118. The van der Waals surface area contributed by atoms with Crippen LogP contribution in [0.15, 0.2) is 315 Å². The Balaban J connectivity index is 0.816. The van der Waals surface area contributed by atoms with Gasteiger partial charge in [-0.15, -0.1) is 22.7 Å². The van der Waals surface area contributed by atoms with E-state index in [0.29, 0.717) is 0 Å². The van der Waals surface area contributed by atoms with Gasteiger partial charge in [0.15, 0.2) is 0 Å². The van der Waals surface area contributed by atoms with Crippen LogP contribution >= 0.6 is 22.7 Å². The first-order valence-corrected chi connectivity index (χ1v) is 32.5. The number of hydrogen-bond acceptors (Lipinski definition) is 2. The van der Waals surface area contributed by atoms with E-state index in [0.717, 1.165) is 22.3 Å². The fourth-order valence-corrected chi connectivity index (χ4v) is 16.8. The molecule has 0 spiro atoms. The maximum Gasteiger partial charge on any atom is 0.0546 e. The fourth-order valence-electron chi connectivity index (χ4n) is 14.6. The molecule has 0 atom stereocenters. The van der Waals surface area contributed by atoms with Gasteiger partial charge in [0.05, 0.1) is 27.8 Å². The van der Waals surface area contributed by atoms with E-state index in [9.17, 15) is 0 Å². The average Bonchev–Trinajstić information content (AvgIpc) is 1.71. The van der Waals surface area contributed by atoms with Gasteiger partial charge < -0.3 is 9.13 Å². The second-order valence-corrected chi connectivity index (χ2v) is 26.1. The number of nitrogens with zero attached hydrogens (tertiary/aromatic N) is 2. The molecule has 90 heavy (non-hydrogen) atoms. The summed E-state index contributed by atoms with van der Waals surface area (Å²) in [4.78, 5) is 0. The molecular weight excluding hydrogens is 1130 g/mol. The summed E-state index contributed by atoms with van der Waals surface area (Å²) in [5.74, 6) is 0. The summed E-state index contributed by atoms with van der Waals surface area (Å²) in [5.41, 5.74) is 21.2. The highest BCUT2D eigenvalue weighted by Gasteiger charge is 2.22. The molecule has 4 heterocycles. The van der Waals surface area contributed by atoms with Gasteiger partial charge in [-0.2, -0.15) is 0 Å². The Bertz CT molecular complexity index is 6170. The molecule has 0 bridgehead atoms. The van der Waals surface area contributed by atoms with Gasteiger partial charge in [-0.3, -0.25) is 0 Å². The third-order valence-corrected chi connectivity index (χ3v) is 21.2. The normalized spacial score (nSPS) is 12.0. The molecule has 0 radical (unpaired) electrons. The maximum atomic E-state index is 2.50. The molecule has 0 fully saturated rings. The van der Waals surface area contributed by atoms with Gasteiger partial charge in [-0.1, -0.05) is 206 Å². The quantitative estimate of drug-likeness (QED) is 0.134. The van der Waals surface area contributed by atoms with E-state index in [1.165, 1.54) is 161 Å². The van der Waals surface area contributed by atoms with Crippen LogP contribution < -0.4 is 0 Å². The van der Waals surface area contributed by atoms with Crippen LogP contribution in [0.3, 0.4) is 0 Å². The van der Waals surface area contributed by atoms with Crippen LogP contribution in [0.25, 0.3) is 184 Å². The summed E-state index contributed by atoms with van der Waals surface area (Å²) in [5, 5.41) is 15.1. The highest BCUT2D eigenvalue weighted by atomic mass is 32.1. The first kappa shape index (κ1) is 51.0. The minimum Gasteiger partial charge on any atom is -0.309 e. The molecule has 4 heteroatoms. The van der Waals surface area contributed by atoms with Crippen molar-refractivity contribution in [1.82, 2.24) is 9.13 Å². The van der Waals surface area contributed by atoms with Crippen LogP contribution in [0.1, 0.15) is 0 Å². The predicted octanol–water partition coefficient (Wildman–Crippen LogP) is 24.9. The Labute approximate surface area is 527 Å². The van der Waals surface area contributed by atoms with Crippen LogP contribution in [-0.2, 0) is 0 Å². The van der Waals surface area contributed by atoms with Gasteiger partial charge in [0.25, 0.3) is 0 Å². The van der Waals surface area contributed by atoms with E-state index in [4.69, 9.17) is 0 Å². The van der Waals surface area contributed by atoms with Gasteiger partial charge in [-0.25, -0.2) is 0 Å². The Kier molecular flexibility index (Phi) is 11.4. The van der Waals surface area contributed by atoms with Crippen molar-refractivity contribution in [2.45, 2.75) is 0 Å². The molecule has 0 unspecified atom stereocenters. The van der Waals surface area contributed by atoms with E-state index >= 15 is 0 Å². The fraction of sp³-hybridized carbons (Fsp3) is 0. The molecule has 4 aromatic heterocycles. The van der Waals surface area contributed by atoms with E-state index in [-0.39, 0.29) is 0 Å². The van der Waals surface area contributed by atoms with Crippen LogP contribution in [0.5, 0.6) is 0 Å². The van der Waals surface area contributed by atoms with Gasteiger partial charge >= 0.3 is 0 Å². The van der Waals surface area contributed by atoms with Crippen LogP contribution in [0.4, 0.5) is 0 Å². The molecule has 0 saturated heterocycles. The topological polar surface area (TPSA) is 9.86 Å². The lowest BCUT2D eigenvalue weighted by molar-refractivity contribution is 1.18. The largest absolute Gasteiger partial charge is 0.309 e. The molecule has 19 aromatic rings. The number of rotatable bonds is 8. The third kappa shape index (κ3) is 8.09. The van der Waals surface area contributed by atoms with Gasteiger partial charge in [-0.05, 0) is 192 Å². The van der Waals surface area contributed by atoms with Crippen molar-refractivity contribution in [3.8, 4) is 78.1 Å². The Morgan fingerprint density at radius 2 is 0.611 bits per heavy atom. The Morgan fingerprint density at radius 3 is 1.29 bits per heavy atom. The monoisotopic (exact) mass is 1180 g/mol. The van der Waals surface area contributed by atoms with E-state index in [1.54, 1.807) is 0 Å². The standard InChI is InChI=1S/C86H52N2S2/c1-2-16-53(17-3-1)56-21-15-22-64(45-56)87-79-39-33-58(54-19-14-20-55(44-54)59-36-42-85-76(48-59)70-27-9-12-30-83(70)89-85)47-74(79)75-50-62(34-40-80(75)87)66-38-32-57(60-37-43-86-77(49-60)71-28-10-13-31-84(71)90-86)46-72(66)63-35-41-81-73(51-63)69-26-8-11-29-78(69)88(81)82-52-61-18-4-5-23-65(61)67-24-6-7-25-68(67)82/h1-52H. The third-order valence-electron chi connectivity index (χ3n) is 18.9. The number of fused-ring (bicyclic) bond motifs is 15. The summed E-state index contributed by atoms with van der Waals surface area (Å²) in [7, 11) is 0. The SMILES string of the molecule is c1ccc(-c2cccc(-n3c4ccc(-c5cccc(-c6ccc7sc8ccccc8c7c6)c5)cc4c4cc(-c5ccc(-c6ccc7sc8ccccc8c7c6)cc5-c5ccc6c(c5)c5ccccc5n6-c5cc6ccccc6c6ccccc56)ccc43)c2)cc1. The molecule has 0 aliphatic heterocycles. The number of aromatic nitrogens is 2. The maximum absolute atomic E-state index is 2.50. The molecule has 2 nitrogen and oxygen atoms in total. The second-order valence-electron chi connectivity index (χ2n) is 23.9. The van der Waals surface area contributed by atoms with Crippen molar-refractivity contribution in [2.24, 2.45) is 0 Å². The smallest absolute Gasteiger partial charge is 0.0546 e. The molecule has 19 rings (SSSR count). The minimum atomic E-state index is 1.12. The first-order chi connectivity index (χ1) is 44.6. The summed E-state index contributed by atoms with van der Waals surface area (Å²) < 4.78 is 10.2. The van der Waals surface area contributed by atoms with Crippen molar-refractivity contribution in [3.05, 3.63) is 315 Å². The molecule has 0 saturated carbocycles. The van der Waals surface area contributed by atoms with Gasteiger partial charge in [0.2, 0.25) is 0 Å². The Morgan fingerprint density at radius 1 is 0.189 bits per heavy atom. The van der Waals surface area contributed by atoms with Crippen molar-refractivity contribution < 1.29 is 0 Å². The highest BCUT2D eigenvalue weighted by Crippen LogP contribution is 2.46. The van der Waals surface area contributed by atoms with Crippen LogP contribution in [-0.4, -0.2) is 9.13 Å². The average molecular weight is 1180 g/mol. The first-order valence-electron chi connectivity index (χ1n) is 30.9. The second kappa shape index (κ2) is 20.2. The molecular formula is C86H52N2S2. The van der Waals surface area contributed by atoms with Gasteiger partial charge in [0.1, 0.15) is 0 Å². The lowest BCUT2D eigenvalue weighted by Crippen LogP contribution is -1.96. The number of para-hydroxylation sites is 1. The number of hydrogen-bond donors (Lipinski definition) is 0. The predicted molar refractivity (Wildman–Crippen MR) is 389 cm³/mol. The zero-order valence-electron chi connectivity index (χ0n) is 48.7. The number of benzene rings is 15. The van der Waals surface area contributed by atoms with Crippen molar-refractivity contribution in [3.63, 3.8) is 0 Å². The molecule has 0 N–H and O–H groups in total. The summed E-state index contributed by atoms with van der Waals surface area (Å²) >= 11 is 3.73. The summed E-state index contributed by atoms with van der Waals surface area (Å²) in [6.45, 7) is 0.